The molecule has 1 aliphatic rings. The third kappa shape index (κ3) is 5.52. The van der Waals surface area contributed by atoms with Gasteiger partial charge in [-0.15, -0.1) is 0 Å². The van der Waals surface area contributed by atoms with E-state index in [1.165, 1.54) is 16.4 Å². The summed E-state index contributed by atoms with van der Waals surface area (Å²) in [5, 5.41) is 0. The smallest absolute Gasteiger partial charge is 0.309 e. The number of halogens is 1. The third-order valence-electron chi connectivity index (χ3n) is 5.40. The van der Waals surface area contributed by atoms with Crippen molar-refractivity contribution in [2.45, 2.75) is 37.6 Å². The molecule has 0 unspecified atom stereocenters. The van der Waals surface area contributed by atoms with Crippen molar-refractivity contribution in [1.82, 2.24) is 4.31 Å². The number of carbonyl (C=O) groups is 2. The number of sulfonamides is 1. The second-order valence-corrected chi connectivity index (χ2v) is 9.87. The molecule has 0 bridgehead atoms. The predicted molar refractivity (Wildman–Crippen MR) is 118 cm³/mol. The van der Waals surface area contributed by atoms with E-state index < -0.39 is 27.7 Å². The summed E-state index contributed by atoms with van der Waals surface area (Å²) in [6, 6.07) is 13.7. The van der Waals surface area contributed by atoms with Gasteiger partial charge in [0, 0.05) is 24.8 Å². The molecule has 1 fully saturated rings. The third-order valence-corrected chi connectivity index (χ3v) is 7.31. The summed E-state index contributed by atoms with van der Waals surface area (Å²) in [7, 11) is -3.75. The summed E-state index contributed by atoms with van der Waals surface area (Å²) in [5.41, 5.74) is 0.725. The molecule has 172 valence electrons. The topological polar surface area (TPSA) is 84.0 Å². The lowest BCUT2D eigenvalue weighted by molar-refractivity contribution is -0.153. The van der Waals surface area contributed by atoms with E-state index in [0.29, 0.717) is 12.8 Å². The quantitative estimate of drug-likeness (QED) is 0.590. The van der Waals surface area contributed by atoms with Crippen LogP contribution >= 0.6 is 0 Å². The Morgan fingerprint density at radius 1 is 1.06 bits per heavy atom. The molecule has 0 saturated carbocycles. The number of ether oxygens (including phenoxy) is 1. The Morgan fingerprint density at radius 3 is 2.22 bits per heavy atom. The zero-order valence-corrected chi connectivity index (χ0v) is 18.9. The van der Waals surface area contributed by atoms with Crippen molar-refractivity contribution in [3.8, 4) is 0 Å². The number of piperidine rings is 1. The maximum Gasteiger partial charge on any atom is 0.309 e. The number of para-hydroxylation sites is 1. The van der Waals surface area contributed by atoms with Crippen LogP contribution in [0.25, 0.3) is 0 Å². The first-order valence-corrected chi connectivity index (χ1v) is 11.9. The largest absolute Gasteiger partial charge is 0.455 e. The summed E-state index contributed by atoms with van der Waals surface area (Å²) in [5.74, 6) is -1.82. The highest BCUT2D eigenvalue weighted by Crippen LogP contribution is 2.25. The molecular formula is C23H27FN2O5S. The monoisotopic (exact) mass is 462 g/mol. The molecule has 1 aliphatic heterocycles. The van der Waals surface area contributed by atoms with E-state index >= 15 is 0 Å². The van der Waals surface area contributed by atoms with E-state index in [-0.39, 0.29) is 36.5 Å². The van der Waals surface area contributed by atoms with Gasteiger partial charge < -0.3 is 9.64 Å². The lowest BCUT2D eigenvalue weighted by Gasteiger charge is -2.30. The summed E-state index contributed by atoms with van der Waals surface area (Å²) in [6.45, 7) is 3.68. The average molecular weight is 463 g/mol. The van der Waals surface area contributed by atoms with Crippen molar-refractivity contribution in [2.24, 2.45) is 5.92 Å². The van der Waals surface area contributed by atoms with Gasteiger partial charge in [0.05, 0.1) is 10.8 Å². The first-order chi connectivity index (χ1) is 15.2. The molecule has 1 saturated heterocycles. The van der Waals surface area contributed by atoms with Crippen molar-refractivity contribution >= 4 is 27.6 Å². The van der Waals surface area contributed by atoms with Gasteiger partial charge in [-0.1, -0.05) is 18.2 Å². The lowest BCUT2D eigenvalue weighted by Crippen LogP contribution is -2.42. The van der Waals surface area contributed by atoms with Gasteiger partial charge in [-0.05, 0) is 63.1 Å². The summed E-state index contributed by atoms with van der Waals surface area (Å²) >= 11 is 0. The highest BCUT2D eigenvalue weighted by Gasteiger charge is 2.33. The molecule has 0 radical (unpaired) electrons. The van der Waals surface area contributed by atoms with Crippen LogP contribution in [0.3, 0.4) is 0 Å². The van der Waals surface area contributed by atoms with Crippen LogP contribution in [0.15, 0.2) is 59.5 Å². The Kier molecular flexibility index (Phi) is 7.63. The Hall–Kier alpha value is -2.78. The molecule has 1 amide bonds. The first kappa shape index (κ1) is 23.9. The fourth-order valence-corrected chi connectivity index (χ4v) is 5.20. The molecule has 7 nitrogen and oxygen atoms in total. The van der Waals surface area contributed by atoms with E-state index in [1.807, 2.05) is 44.2 Å². The molecule has 0 spiro atoms. The van der Waals surface area contributed by atoms with Crippen LogP contribution in [0.4, 0.5) is 10.1 Å². The summed E-state index contributed by atoms with van der Waals surface area (Å²) < 4.78 is 45.0. The van der Waals surface area contributed by atoms with Crippen molar-refractivity contribution in [3.05, 3.63) is 60.4 Å². The predicted octanol–water partition coefficient (Wildman–Crippen LogP) is 3.21. The summed E-state index contributed by atoms with van der Waals surface area (Å²) in [6.07, 6.45) is 0.583. The fourth-order valence-electron chi connectivity index (χ4n) is 3.73. The number of esters is 1. The highest BCUT2D eigenvalue weighted by molar-refractivity contribution is 7.89. The van der Waals surface area contributed by atoms with Crippen LogP contribution in [0.1, 0.15) is 26.7 Å². The number of benzene rings is 2. The van der Waals surface area contributed by atoms with E-state index in [1.54, 1.807) is 4.90 Å². The Balaban J connectivity index is 1.54. The number of nitrogens with zero attached hydrogens (tertiary/aromatic N) is 2. The normalized spacial score (nSPS) is 15.5. The maximum atomic E-state index is 13.1. The minimum Gasteiger partial charge on any atom is -0.455 e. The number of hydrogen-bond acceptors (Lipinski definition) is 5. The number of anilines is 1. The van der Waals surface area contributed by atoms with Crippen LogP contribution in [0.5, 0.6) is 0 Å². The fraction of sp³-hybridized carbons (Fsp3) is 0.391. The molecule has 1 heterocycles. The molecule has 0 aromatic heterocycles. The van der Waals surface area contributed by atoms with Gasteiger partial charge >= 0.3 is 5.97 Å². The van der Waals surface area contributed by atoms with Crippen molar-refractivity contribution in [3.63, 3.8) is 0 Å². The molecule has 32 heavy (non-hydrogen) atoms. The Labute approximate surface area is 187 Å². The number of rotatable bonds is 7. The second kappa shape index (κ2) is 10.2. The Bertz CT molecular complexity index is 1030. The first-order valence-electron chi connectivity index (χ1n) is 10.5. The van der Waals surface area contributed by atoms with Gasteiger partial charge in [-0.2, -0.15) is 4.31 Å². The molecule has 9 heteroatoms. The van der Waals surface area contributed by atoms with E-state index in [0.717, 1.165) is 17.8 Å². The van der Waals surface area contributed by atoms with Gasteiger partial charge in [-0.25, -0.2) is 12.8 Å². The molecule has 2 aromatic carbocycles. The SMILES string of the molecule is CC(C)N(C(=O)COC(=O)C1CCN(S(=O)(=O)c2ccc(F)cc2)CC1)c1ccccc1. The zero-order chi connectivity index (χ0) is 23.3. The Morgan fingerprint density at radius 2 is 1.66 bits per heavy atom. The van der Waals surface area contributed by atoms with Crippen LogP contribution in [-0.2, 0) is 24.3 Å². The van der Waals surface area contributed by atoms with Gasteiger partial charge in [0.25, 0.3) is 5.91 Å². The van der Waals surface area contributed by atoms with Crippen molar-refractivity contribution < 1.29 is 27.1 Å². The van der Waals surface area contributed by atoms with E-state index in [4.69, 9.17) is 4.74 Å². The molecular weight excluding hydrogens is 435 g/mol. The van der Waals surface area contributed by atoms with Crippen LogP contribution in [0, 0.1) is 11.7 Å². The lowest BCUT2D eigenvalue weighted by atomic mass is 9.98. The van der Waals surface area contributed by atoms with Crippen LogP contribution in [0.2, 0.25) is 0 Å². The van der Waals surface area contributed by atoms with Gasteiger partial charge in [0.15, 0.2) is 6.61 Å². The van der Waals surface area contributed by atoms with Gasteiger partial charge in [0.2, 0.25) is 10.0 Å². The highest BCUT2D eigenvalue weighted by atomic mass is 32.2. The van der Waals surface area contributed by atoms with Gasteiger partial charge in [-0.3, -0.25) is 9.59 Å². The molecule has 0 atom stereocenters. The second-order valence-electron chi connectivity index (χ2n) is 7.93. The van der Waals surface area contributed by atoms with Crippen molar-refractivity contribution in [1.29, 1.82) is 0 Å². The number of amides is 1. The molecule has 0 aliphatic carbocycles. The standard InChI is InChI=1S/C23H27FN2O5S/c1-17(2)26(20-6-4-3-5-7-20)22(27)16-31-23(28)18-12-14-25(15-13-18)32(29,30)21-10-8-19(24)9-11-21/h3-11,17-18H,12-16H2,1-2H3. The minimum absolute atomic E-state index is 0.0141. The van der Waals surface area contributed by atoms with Crippen molar-refractivity contribution in [2.75, 3.05) is 24.6 Å². The average Bonchev–Trinajstić information content (AvgIpc) is 2.78. The van der Waals surface area contributed by atoms with Crippen LogP contribution < -0.4 is 4.90 Å². The van der Waals surface area contributed by atoms with Crippen LogP contribution in [-0.4, -0.2) is 50.3 Å². The number of hydrogen-bond donors (Lipinski definition) is 0. The van der Waals surface area contributed by atoms with E-state index in [9.17, 15) is 22.4 Å². The summed E-state index contributed by atoms with van der Waals surface area (Å²) in [4.78, 5) is 26.8. The number of carbonyl (C=O) groups excluding carboxylic acids is 2. The van der Waals surface area contributed by atoms with E-state index in [2.05, 4.69) is 0 Å². The molecule has 2 aromatic rings. The molecule has 0 N–H and O–H groups in total. The minimum atomic E-state index is -3.75. The molecule has 3 rings (SSSR count). The van der Waals surface area contributed by atoms with Gasteiger partial charge in [0.1, 0.15) is 5.82 Å². The zero-order valence-electron chi connectivity index (χ0n) is 18.1. The maximum absolute atomic E-state index is 13.1.